The molecule has 1 amide bonds. The second-order valence-electron chi connectivity index (χ2n) is 8.47. The Morgan fingerprint density at radius 3 is 2.03 bits per heavy atom. The molecular weight excluding hydrogens is 368 g/mol. The third kappa shape index (κ3) is 3.78. The molecule has 0 N–H and O–H groups in total. The zero-order chi connectivity index (χ0) is 20.3. The van der Waals surface area contributed by atoms with Crippen LogP contribution in [-0.4, -0.2) is 41.4 Å². The van der Waals surface area contributed by atoms with Crippen LogP contribution in [0.3, 0.4) is 0 Å². The zero-order valence-corrected chi connectivity index (χ0v) is 17.3. The van der Waals surface area contributed by atoms with E-state index in [4.69, 9.17) is 0 Å². The standard InChI is InChI=1S/C27H28N2O/c30-27(26(22-10-3-1-4-11-22)23-12-5-2-6-13-23)29-18-16-25(20-29)28-17-15-21-9-7-8-14-24(21)19-28/h1-14,25-26H,15-20H2/t25-/m1/s1. The van der Waals surface area contributed by atoms with E-state index in [-0.39, 0.29) is 11.8 Å². The topological polar surface area (TPSA) is 23.6 Å². The summed E-state index contributed by atoms with van der Waals surface area (Å²) in [5, 5.41) is 0. The van der Waals surface area contributed by atoms with Gasteiger partial charge in [0.2, 0.25) is 5.91 Å². The number of nitrogens with zero attached hydrogens (tertiary/aromatic N) is 2. The van der Waals surface area contributed by atoms with Gasteiger partial charge in [0, 0.05) is 32.2 Å². The van der Waals surface area contributed by atoms with Crippen molar-refractivity contribution in [2.75, 3.05) is 19.6 Å². The van der Waals surface area contributed by atoms with Crippen LogP contribution in [-0.2, 0) is 17.8 Å². The number of rotatable bonds is 4. The molecule has 2 heterocycles. The summed E-state index contributed by atoms with van der Waals surface area (Å²) < 4.78 is 0. The van der Waals surface area contributed by atoms with Crippen LogP contribution in [0.2, 0.25) is 0 Å². The molecule has 5 rings (SSSR count). The van der Waals surface area contributed by atoms with Crippen molar-refractivity contribution in [2.24, 2.45) is 0 Å². The van der Waals surface area contributed by atoms with Crippen LogP contribution in [0.1, 0.15) is 34.6 Å². The molecule has 3 nitrogen and oxygen atoms in total. The number of carbonyl (C=O) groups excluding carboxylic acids is 1. The van der Waals surface area contributed by atoms with Gasteiger partial charge in [0.25, 0.3) is 0 Å². The highest BCUT2D eigenvalue weighted by Gasteiger charge is 2.35. The average molecular weight is 397 g/mol. The Kier molecular flexibility index (Phi) is 5.37. The van der Waals surface area contributed by atoms with Crippen LogP contribution in [0.5, 0.6) is 0 Å². The van der Waals surface area contributed by atoms with Crippen molar-refractivity contribution in [3.05, 3.63) is 107 Å². The summed E-state index contributed by atoms with van der Waals surface area (Å²) in [6, 6.07) is 29.6. The maximum absolute atomic E-state index is 13.7. The highest BCUT2D eigenvalue weighted by Crippen LogP contribution is 2.30. The van der Waals surface area contributed by atoms with Crippen LogP contribution in [0, 0.1) is 0 Å². The first-order valence-electron chi connectivity index (χ1n) is 11.0. The van der Waals surface area contributed by atoms with Crippen molar-refractivity contribution >= 4 is 5.91 Å². The number of hydrogen-bond acceptors (Lipinski definition) is 2. The molecule has 1 atom stereocenters. The Hall–Kier alpha value is -2.91. The van der Waals surface area contributed by atoms with Gasteiger partial charge in [0.15, 0.2) is 0 Å². The number of carbonyl (C=O) groups is 1. The molecule has 3 aromatic carbocycles. The van der Waals surface area contributed by atoms with Crippen molar-refractivity contribution in [3.63, 3.8) is 0 Å². The van der Waals surface area contributed by atoms with E-state index in [0.717, 1.165) is 50.1 Å². The van der Waals surface area contributed by atoms with Gasteiger partial charge in [-0.05, 0) is 35.1 Å². The lowest BCUT2D eigenvalue weighted by molar-refractivity contribution is -0.131. The SMILES string of the molecule is O=C(C(c1ccccc1)c1ccccc1)N1CC[C@@H](N2CCc3ccccc3C2)C1. The summed E-state index contributed by atoms with van der Waals surface area (Å²) in [5.41, 5.74) is 5.07. The van der Waals surface area contributed by atoms with Crippen LogP contribution in [0.25, 0.3) is 0 Å². The summed E-state index contributed by atoms with van der Waals surface area (Å²) in [5.74, 6) is 0.000501. The summed E-state index contributed by atoms with van der Waals surface area (Å²) >= 11 is 0. The lowest BCUT2D eigenvalue weighted by atomic mass is 9.90. The fourth-order valence-electron chi connectivity index (χ4n) is 5.02. The van der Waals surface area contributed by atoms with Gasteiger partial charge < -0.3 is 4.90 Å². The number of fused-ring (bicyclic) bond motifs is 1. The summed E-state index contributed by atoms with van der Waals surface area (Å²) in [6.07, 6.45) is 2.17. The van der Waals surface area contributed by atoms with Crippen LogP contribution in [0.4, 0.5) is 0 Å². The molecule has 1 saturated heterocycles. The van der Waals surface area contributed by atoms with Gasteiger partial charge in [-0.3, -0.25) is 9.69 Å². The first-order chi connectivity index (χ1) is 14.8. The molecule has 3 aromatic rings. The molecule has 30 heavy (non-hydrogen) atoms. The quantitative estimate of drug-likeness (QED) is 0.649. The minimum Gasteiger partial charge on any atom is -0.340 e. The van der Waals surface area contributed by atoms with Crippen molar-refractivity contribution < 1.29 is 4.79 Å². The molecule has 0 aliphatic carbocycles. The largest absolute Gasteiger partial charge is 0.340 e. The molecule has 0 unspecified atom stereocenters. The Morgan fingerprint density at radius 1 is 0.767 bits per heavy atom. The van der Waals surface area contributed by atoms with Crippen molar-refractivity contribution in [1.29, 1.82) is 0 Å². The van der Waals surface area contributed by atoms with Gasteiger partial charge in [-0.25, -0.2) is 0 Å². The molecule has 0 saturated carbocycles. The first-order valence-corrected chi connectivity index (χ1v) is 11.0. The monoisotopic (exact) mass is 396 g/mol. The van der Waals surface area contributed by atoms with Gasteiger partial charge in [0.1, 0.15) is 0 Å². The molecule has 1 fully saturated rings. The third-order valence-electron chi connectivity index (χ3n) is 6.66. The van der Waals surface area contributed by atoms with Crippen LogP contribution >= 0.6 is 0 Å². The van der Waals surface area contributed by atoms with E-state index in [1.165, 1.54) is 11.1 Å². The number of likely N-dealkylation sites (tertiary alicyclic amines) is 1. The summed E-state index contributed by atoms with van der Waals surface area (Å²) in [6.45, 7) is 3.77. The van der Waals surface area contributed by atoms with E-state index in [1.807, 2.05) is 36.4 Å². The fraction of sp³-hybridized carbons (Fsp3) is 0.296. The highest BCUT2D eigenvalue weighted by molar-refractivity contribution is 5.87. The molecule has 152 valence electrons. The Morgan fingerprint density at radius 2 is 1.37 bits per heavy atom. The molecule has 0 spiro atoms. The van der Waals surface area contributed by atoms with Gasteiger partial charge >= 0.3 is 0 Å². The van der Waals surface area contributed by atoms with Gasteiger partial charge in [0.05, 0.1) is 5.92 Å². The minimum atomic E-state index is -0.228. The zero-order valence-electron chi connectivity index (χ0n) is 17.3. The maximum Gasteiger partial charge on any atom is 0.234 e. The molecule has 2 aliphatic heterocycles. The second-order valence-corrected chi connectivity index (χ2v) is 8.47. The maximum atomic E-state index is 13.7. The normalized spacial score (nSPS) is 19.1. The smallest absolute Gasteiger partial charge is 0.234 e. The fourth-order valence-corrected chi connectivity index (χ4v) is 5.02. The first kappa shape index (κ1) is 19.1. The van der Waals surface area contributed by atoms with Crippen molar-refractivity contribution in [1.82, 2.24) is 9.80 Å². The Balaban J connectivity index is 1.33. The van der Waals surface area contributed by atoms with Gasteiger partial charge in [-0.1, -0.05) is 84.9 Å². The molecule has 0 aromatic heterocycles. The summed E-state index contributed by atoms with van der Waals surface area (Å²) in [4.78, 5) is 18.4. The number of amides is 1. The van der Waals surface area contributed by atoms with E-state index < -0.39 is 0 Å². The molecule has 3 heteroatoms. The van der Waals surface area contributed by atoms with Crippen molar-refractivity contribution in [3.8, 4) is 0 Å². The van der Waals surface area contributed by atoms with Crippen LogP contribution < -0.4 is 0 Å². The highest BCUT2D eigenvalue weighted by atomic mass is 16.2. The molecule has 2 aliphatic rings. The molecular formula is C27H28N2O. The minimum absolute atomic E-state index is 0.228. The van der Waals surface area contributed by atoms with Crippen molar-refractivity contribution in [2.45, 2.75) is 31.3 Å². The van der Waals surface area contributed by atoms with E-state index in [2.05, 4.69) is 58.3 Å². The number of benzene rings is 3. The van der Waals surface area contributed by atoms with E-state index >= 15 is 0 Å². The predicted molar refractivity (Wildman–Crippen MR) is 120 cm³/mol. The third-order valence-corrected chi connectivity index (χ3v) is 6.66. The second kappa shape index (κ2) is 8.45. The molecule has 0 radical (unpaired) electrons. The van der Waals surface area contributed by atoms with Gasteiger partial charge in [-0.15, -0.1) is 0 Å². The van der Waals surface area contributed by atoms with E-state index in [0.29, 0.717) is 6.04 Å². The summed E-state index contributed by atoms with van der Waals surface area (Å²) in [7, 11) is 0. The van der Waals surface area contributed by atoms with Crippen LogP contribution in [0.15, 0.2) is 84.9 Å². The lowest BCUT2D eigenvalue weighted by Gasteiger charge is -2.33. The van der Waals surface area contributed by atoms with Gasteiger partial charge in [-0.2, -0.15) is 0 Å². The average Bonchev–Trinajstić information content (AvgIpc) is 3.31. The van der Waals surface area contributed by atoms with E-state index in [9.17, 15) is 4.79 Å². The Labute approximate surface area is 178 Å². The predicted octanol–water partition coefficient (Wildman–Crippen LogP) is 4.48. The lowest BCUT2D eigenvalue weighted by Crippen LogP contribution is -2.42. The van der Waals surface area contributed by atoms with E-state index in [1.54, 1.807) is 0 Å². The Bertz CT molecular complexity index is 962. The molecule has 0 bridgehead atoms. The number of hydrogen-bond donors (Lipinski definition) is 0.